The van der Waals surface area contributed by atoms with Crippen LogP contribution in [0.1, 0.15) is 20.3 Å². The first kappa shape index (κ1) is 15.7. The van der Waals surface area contributed by atoms with Gasteiger partial charge in [0, 0.05) is 26.0 Å². The van der Waals surface area contributed by atoms with Gasteiger partial charge in [-0.2, -0.15) is 0 Å². The van der Waals surface area contributed by atoms with Crippen LogP contribution >= 0.6 is 11.6 Å². The van der Waals surface area contributed by atoms with E-state index in [-0.39, 0.29) is 24.1 Å². The molecule has 0 spiro atoms. The van der Waals surface area contributed by atoms with E-state index in [9.17, 15) is 13.2 Å². The van der Waals surface area contributed by atoms with E-state index in [1.807, 2.05) is 0 Å². The van der Waals surface area contributed by atoms with Gasteiger partial charge in [0.05, 0.1) is 11.2 Å². The molecule has 7 heteroatoms. The molecule has 1 N–H and O–H groups in total. The maximum Gasteiger partial charge on any atom is 0.227 e. The summed E-state index contributed by atoms with van der Waals surface area (Å²) >= 11 is 5.65. The Morgan fingerprint density at radius 2 is 2.17 bits per heavy atom. The molecular formula is C11H21ClN2O3S. The highest BCUT2D eigenvalue weighted by Crippen LogP contribution is 2.32. The summed E-state index contributed by atoms with van der Waals surface area (Å²) in [4.78, 5) is 11.7. The van der Waals surface area contributed by atoms with Gasteiger partial charge in [-0.15, -0.1) is 11.6 Å². The van der Waals surface area contributed by atoms with Crippen LogP contribution in [0.15, 0.2) is 0 Å². The Balaban J connectivity index is 2.75. The lowest BCUT2D eigenvalue weighted by atomic mass is 9.89. The summed E-state index contributed by atoms with van der Waals surface area (Å²) in [6.07, 6.45) is 0.557. The van der Waals surface area contributed by atoms with E-state index in [1.165, 1.54) is 4.31 Å². The predicted molar refractivity (Wildman–Crippen MR) is 72.0 cm³/mol. The van der Waals surface area contributed by atoms with Gasteiger partial charge < -0.3 is 5.32 Å². The molecule has 1 saturated heterocycles. The molecule has 0 bridgehead atoms. The molecule has 2 unspecified atom stereocenters. The molecule has 1 heterocycles. The molecule has 1 rings (SSSR count). The molecule has 1 aliphatic heterocycles. The molecule has 0 aromatic carbocycles. The summed E-state index contributed by atoms with van der Waals surface area (Å²) in [5.74, 6) is 0.175. The second kappa shape index (κ2) is 5.75. The van der Waals surface area contributed by atoms with Gasteiger partial charge in [0.25, 0.3) is 0 Å². The number of hydrogen-bond acceptors (Lipinski definition) is 3. The smallest absolute Gasteiger partial charge is 0.227 e. The summed E-state index contributed by atoms with van der Waals surface area (Å²) in [7, 11) is -1.75. The molecule has 1 aliphatic rings. The van der Waals surface area contributed by atoms with Crippen LogP contribution in [-0.2, 0) is 14.8 Å². The maximum atomic E-state index is 12.1. The second-order valence-electron chi connectivity index (χ2n) is 5.26. The molecule has 0 aromatic heterocycles. The zero-order valence-electron chi connectivity index (χ0n) is 11.1. The molecule has 5 nitrogen and oxygen atoms in total. The molecule has 0 aliphatic carbocycles. The predicted octanol–water partition coefficient (Wildman–Crippen LogP) is 0.649. The van der Waals surface area contributed by atoms with E-state index < -0.39 is 15.4 Å². The van der Waals surface area contributed by atoms with Crippen molar-refractivity contribution in [3.8, 4) is 0 Å². The molecule has 1 fully saturated rings. The van der Waals surface area contributed by atoms with Crippen molar-refractivity contribution >= 4 is 27.5 Å². The van der Waals surface area contributed by atoms with Crippen molar-refractivity contribution in [3.05, 3.63) is 0 Å². The van der Waals surface area contributed by atoms with Gasteiger partial charge in [-0.3, -0.25) is 4.79 Å². The van der Waals surface area contributed by atoms with Crippen molar-refractivity contribution in [3.63, 3.8) is 0 Å². The summed E-state index contributed by atoms with van der Waals surface area (Å²) < 4.78 is 25.7. The lowest BCUT2D eigenvalue weighted by Crippen LogP contribution is -2.41. The Bertz CT molecular complexity index is 413. The van der Waals surface area contributed by atoms with Crippen molar-refractivity contribution in [1.29, 1.82) is 0 Å². The van der Waals surface area contributed by atoms with E-state index in [0.29, 0.717) is 18.8 Å². The zero-order chi connectivity index (χ0) is 14.0. The Morgan fingerprint density at radius 1 is 1.56 bits per heavy atom. The number of carbonyl (C=O) groups excluding carboxylic acids is 1. The molecular weight excluding hydrogens is 276 g/mol. The normalized spacial score (nSPS) is 27.1. The van der Waals surface area contributed by atoms with Gasteiger partial charge in [-0.25, -0.2) is 12.7 Å². The number of sulfonamides is 1. The Hall–Kier alpha value is -0.330. The van der Waals surface area contributed by atoms with Gasteiger partial charge in [0.2, 0.25) is 15.9 Å². The topological polar surface area (TPSA) is 66.5 Å². The minimum atomic E-state index is -3.32. The third-order valence-electron chi connectivity index (χ3n) is 3.37. The van der Waals surface area contributed by atoms with Crippen molar-refractivity contribution in [2.45, 2.75) is 20.3 Å². The fraction of sp³-hybridized carbons (Fsp3) is 0.909. The SMILES string of the molecule is CNC(=O)C1(C)CCN(S(=O)(=O)CC(C)CCl)C1. The molecule has 18 heavy (non-hydrogen) atoms. The van der Waals surface area contributed by atoms with Gasteiger partial charge in [0.1, 0.15) is 0 Å². The van der Waals surface area contributed by atoms with Gasteiger partial charge in [-0.05, 0) is 19.3 Å². The van der Waals surface area contributed by atoms with Gasteiger partial charge in [0.15, 0.2) is 0 Å². The standard InChI is InChI=1S/C11H21ClN2O3S/c1-9(6-12)7-18(16,17)14-5-4-11(2,8-14)10(15)13-3/h9H,4-8H2,1-3H3,(H,13,15). The molecule has 106 valence electrons. The number of nitrogens with zero attached hydrogens (tertiary/aromatic N) is 1. The monoisotopic (exact) mass is 296 g/mol. The fourth-order valence-electron chi connectivity index (χ4n) is 2.15. The average Bonchev–Trinajstić information content (AvgIpc) is 2.72. The maximum absolute atomic E-state index is 12.1. The number of nitrogens with one attached hydrogen (secondary N) is 1. The van der Waals surface area contributed by atoms with Crippen LogP contribution in [0.4, 0.5) is 0 Å². The Labute approximate surface area is 114 Å². The van der Waals surface area contributed by atoms with E-state index in [2.05, 4.69) is 5.32 Å². The third-order valence-corrected chi connectivity index (χ3v) is 5.98. The van der Waals surface area contributed by atoms with Crippen molar-refractivity contribution in [1.82, 2.24) is 9.62 Å². The average molecular weight is 297 g/mol. The first-order chi connectivity index (χ1) is 8.25. The third kappa shape index (κ3) is 3.36. The largest absolute Gasteiger partial charge is 0.359 e. The zero-order valence-corrected chi connectivity index (χ0v) is 12.6. The number of rotatable bonds is 5. The van der Waals surface area contributed by atoms with E-state index in [1.54, 1.807) is 20.9 Å². The second-order valence-corrected chi connectivity index (χ2v) is 7.58. The molecule has 0 radical (unpaired) electrons. The first-order valence-corrected chi connectivity index (χ1v) is 8.15. The van der Waals surface area contributed by atoms with Gasteiger partial charge >= 0.3 is 0 Å². The van der Waals surface area contributed by atoms with E-state index in [0.717, 1.165) is 0 Å². The summed E-state index contributed by atoms with van der Waals surface area (Å²) in [6.45, 7) is 4.26. The van der Waals surface area contributed by atoms with Crippen LogP contribution in [-0.4, -0.2) is 50.4 Å². The number of alkyl halides is 1. The van der Waals surface area contributed by atoms with E-state index >= 15 is 0 Å². The van der Waals surface area contributed by atoms with Crippen LogP contribution in [0.25, 0.3) is 0 Å². The number of amides is 1. The van der Waals surface area contributed by atoms with Crippen LogP contribution in [0.2, 0.25) is 0 Å². The highest BCUT2D eigenvalue weighted by Gasteiger charge is 2.43. The molecule has 2 atom stereocenters. The minimum absolute atomic E-state index is 0.0420. The molecule has 1 amide bonds. The molecule has 0 saturated carbocycles. The quantitative estimate of drug-likeness (QED) is 0.758. The van der Waals surface area contributed by atoms with Crippen LogP contribution in [0, 0.1) is 11.3 Å². The lowest BCUT2D eigenvalue weighted by molar-refractivity contribution is -0.128. The highest BCUT2D eigenvalue weighted by atomic mass is 35.5. The fourth-order valence-corrected chi connectivity index (χ4v) is 4.29. The summed E-state index contributed by atoms with van der Waals surface area (Å²) in [5, 5.41) is 2.59. The van der Waals surface area contributed by atoms with Crippen LogP contribution in [0.5, 0.6) is 0 Å². The first-order valence-electron chi connectivity index (χ1n) is 6.01. The number of carbonyl (C=O) groups is 1. The van der Waals surface area contributed by atoms with Crippen LogP contribution < -0.4 is 5.32 Å². The summed E-state index contributed by atoms with van der Waals surface area (Å²) in [5.41, 5.74) is -0.619. The number of halogens is 1. The van der Waals surface area contributed by atoms with Crippen LogP contribution in [0.3, 0.4) is 0 Å². The number of hydrogen-bond donors (Lipinski definition) is 1. The van der Waals surface area contributed by atoms with Gasteiger partial charge in [-0.1, -0.05) is 6.92 Å². The van der Waals surface area contributed by atoms with E-state index in [4.69, 9.17) is 11.6 Å². The summed E-state index contributed by atoms with van der Waals surface area (Å²) in [6, 6.07) is 0. The Kier molecular flexibility index (Phi) is 5.03. The highest BCUT2D eigenvalue weighted by molar-refractivity contribution is 7.89. The lowest BCUT2D eigenvalue weighted by Gasteiger charge is -2.23. The van der Waals surface area contributed by atoms with Crippen molar-refractivity contribution in [2.75, 3.05) is 31.8 Å². The molecule has 0 aromatic rings. The van der Waals surface area contributed by atoms with Crippen molar-refractivity contribution in [2.24, 2.45) is 11.3 Å². The van der Waals surface area contributed by atoms with Crippen molar-refractivity contribution < 1.29 is 13.2 Å². The minimum Gasteiger partial charge on any atom is -0.359 e. The Morgan fingerprint density at radius 3 is 2.67 bits per heavy atom.